The van der Waals surface area contributed by atoms with Crippen molar-refractivity contribution in [1.82, 2.24) is 19.9 Å². The SMILES string of the molecule is c1cnc2nc(Oc3ccc4c(CN5CCc6c(sc7ccccc67)C5)c[nH]c4c3)sc2c1. The first kappa shape index (κ1) is 19.2. The van der Waals surface area contributed by atoms with Crippen LogP contribution >= 0.6 is 22.7 Å². The molecule has 0 unspecified atom stereocenters. The van der Waals surface area contributed by atoms with Gasteiger partial charge in [0.15, 0.2) is 5.65 Å². The van der Waals surface area contributed by atoms with E-state index in [-0.39, 0.29) is 0 Å². The Hall–Kier alpha value is -3.26. The number of hydrogen-bond donors (Lipinski definition) is 1. The summed E-state index contributed by atoms with van der Waals surface area (Å²) in [6.45, 7) is 3.05. The van der Waals surface area contributed by atoms with Gasteiger partial charge in [-0.15, -0.1) is 11.3 Å². The van der Waals surface area contributed by atoms with Crippen molar-refractivity contribution >= 4 is 54.0 Å². The molecule has 6 aromatic rings. The van der Waals surface area contributed by atoms with Crippen molar-refractivity contribution in [3.63, 3.8) is 0 Å². The zero-order valence-corrected chi connectivity index (χ0v) is 19.4. The number of nitrogens with zero attached hydrogens (tertiary/aromatic N) is 3. The molecule has 0 saturated heterocycles. The summed E-state index contributed by atoms with van der Waals surface area (Å²) in [6, 6.07) is 19.0. The van der Waals surface area contributed by atoms with Crippen LogP contribution in [0.2, 0.25) is 0 Å². The number of nitrogens with one attached hydrogen (secondary N) is 1. The summed E-state index contributed by atoms with van der Waals surface area (Å²) < 4.78 is 8.47. The van der Waals surface area contributed by atoms with Crippen molar-refractivity contribution in [2.45, 2.75) is 19.5 Å². The molecule has 33 heavy (non-hydrogen) atoms. The smallest absolute Gasteiger partial charge is 0.281 e. The van der Waals surface area contributed by atoms with Crippen LogP contribution in [0.5, 0.6) is 10.9 Å². The number of pyridine rings is 1. The van der Waals surface area contributed by atoms with Gasteiger partial charge >= 0.3 is 0 Å². The van der Waals surface area contributed by atoms with Crippen molar-refractivity contribution in [2.75, 3.05) is 6.54 Å². The molecule has 1 N–H and O–H groups in total. The molecule has 162 valence electrons. The standard InChI is InChI=1S/C26H20N4OS2/c1-2-5-22-19(4-1)20-9-11-30(15-24(20)32-22)14-16-13-28-21-12-17(7-8-18(16)21)31-26-29-25-23(33-26)6-3-10-27-25/h1-8,10,12-13,28H,9,11,14-15H2. The highest BCUT2D eigenvalue weighted by atomic mass is 32.1. The van der Waals surface area contributed by atoms with Crippen LogP contribution in [-0.4, -0.2) is 26.4 Å². The Kier molecular flexibility index (Phi) is 4.46. The molecule has 0 bridgehead atoms. The summed E-state index contributed by atoms with van der Waals surface area (Å²) in [4.78, 5) is 16.3. The fourth-order valence-electron chi connectivity index (χ4n) is 4.73. The molecule has 1 aliphatic rings. The summed E-state index contributed by atoms with van der Waals surface area (Å²) >= 11 is 3.46. The van der Waals surface area contributed by atoms with E-state index in [1.165, 1.54) is 37.2 Å². The third kappa shape index (κ3) is 3.40. The molecule has 0 amide bonds. The molecule has 0 saturated carbocycles. The lowest BCUT2D eigenvalue weighted by Gasteiger charge is -2.26. The normalized spacial score (nSPS) is 14.3. The molecule has 0 atom stereocenters. The van der Waals surface area contributed by atoms with Crippen molar-refractivity contribution in [3.8, 4) is 10.9 Å². The highest BCUT2D eigenvalue weighted by molar-refractivity contribution is 7.20. The van der Waals surface area contributed by atoms with Crippen LogP contribution < -0.4 is 4.74 Å². The average molecular weight is 469 g/mol. The predicted octanol–water partition coefficient (Wildman–Crippen LogP) is 6.74. The first-order valence-corrected chi connectivity index (χ1v) is 12.6. The minimum atomic E-state index is 0.613. The fraction of sp³-hybridized carbons (Fsp3) is 0.154. The van der Waals surface area contributed by atoms with Gasteiger partial charge in [0.2, 0.25) is 0 Å². The van der Waals surface area contributed by atoms with Crippen molar-refractivity contribution in [3.05, 3.63) is 83.0 Å². The lowest BCUT2D eigenvalue weighted by atomic mass is 10.0. The largest absolute Gasteiger partial charge is 0.431 e. The Morgan fingerprint density at radius 1 is 1.00 bits per heavy atom. The minimum absolute atomic E-state index is 0.613. The fourth-order valence-corrected chi connectivity index (χ4v) is 6.82. The minimum Gasteiger partial charge on any atom is -0.431 e. The number of aromatic amines is 1. The van der Waals surface area contributed by atoms with Crippen LogP contribution in [0.4, 0.5) is 0 Å². The molecular formula is C26H20N4OS2. The zero-order chi connectivity index (χ0) is 21.8. The van der Waals surface area contributed by atoms with Crippen LogP contribution in [0.15, 0.2) is 67.0 Å². The second-order valence-corrected chi connectivity index (χ2v) is 10.5. The van der Waals surface area contributed by atoms with Crippen LogP contribution in [-0.2, 0) is 19.5 Å². The van der Waals surface area contributed by atoms with Crippen molar-refractivity contribution in [1.29, 1.82) is 0 Å². The van der Waals surface area contributed by atoms with Gasteiger partial charge in [-0.3, -0.25) is 4.90 Å². The van der Waals surface area contributed by atoms with E-state index in [9.17, 15) is 0 Å². The summed E-state index contributed by atoms with van der Waals surface area (Å²) in [5.74, 6) is 0.780. The molecule has 7 rings (SSSR count). The molecule has 5 heterocycles. The summed E-state index contributed by atoms with van der Waals surface area (Å²) in [5, 5.41) is 3.30. The Balaban J connectivity index is 1.11. The van der Waals surface area contributed by atoms with Gasteiger partial charge in [-0.2, -0.15) is 4.98 Å². The molecular weight excluding hydrogens is 448 g/mol. The number of thiophene rings is 1. The summed E-state index contributed by atoms with van der Waals surface area (Å²) in [7, 11) is 0. The molecule has 7 heteroatoms. The summed E-state index contributed by atoms with van der Waals surface area (Å²) in [5.41, 5.74) is 4.69. The van der Waals surface area contributed by atoms with E-state index < -0.39 is 0 Å². The van der Waals surface area contributed by atoms with E-state index in [1.807, 2.05) is 29.5 Å². The lowest BCUT2D eigenvalue weighted by Crippen LogP contribution is -2.29. The maximum atomic E-state index is 6.04. The highest BCUT2D eigenvalue weighted by Crippen LogP contribution is 2.36. The molecule has 0 spiro atoms. The van der Waals surface area contributed by atoms with E-state index in [0.717, 1.165) is 47.7 Å². The Bertz CT molecular complexity index is 1600. The molecule has 1 aliphatic heterocycles. The number of hydrogen-bond acceptors (Lipinski definition) is 6. The Labute approximate surface area is 198 Å². The summed E-state index contributed by atoms with van der Waals surface area (Å²) in [6.07, 6.45) is 5.01. The van der Waals surface area contributed by atoms with Gasteiger partial charge in [-0.25, -0.2) is 4.98 Å². The highest BCUT2D eigenvalue weighted by Gasteiger charge is 2.21. The monoisotopic (exact) mass is 468 g/mol. The molecule has 5 nitrogen and oxygen atoms in total. The third-order valence-corrected chi connectivity index (χ3v) is 8.40. The van der Waals surface area contributed by atoms with Crippen LogP contribution in [0.3, 0.4) is 0 Å². The second-order valence-electron chi connectivity index (χ2n) is 8.39. The van der Waals surface area contributed by atoms with Crippen LogP contribution in [0.1, 0.15) is 16.0 Å². The van der Waals surface area contributed by atoms with Gasteiger partial charge in [0, 0.05) is 58.6 Å². The van der Waals surface area contributed by atoms with E-state index in [2.05, 4.69) is 62.4 Å². The van der Waals surface area contributed by atoms with E-state index in [4.69, 9.17) is 4.74 Å². The van der Waals surface area contributed by atoms with Gasteiger partial charge < -0.3 is 9.72 Å². The maximum absolute atomic E-state index is 6.04. The number of ether oxygens (including phenoxy) is 1. The number of H-pyrrole nitrogens is 1. The van der Waals surface area contributed by atoms with Crippen LogP contribution in [0.25, 0.3) is 31.3 Å². The molecule has 2 aromatic carbocycles. The second kappa shape index (κ2) is 7.66. The van der Waals surface area contributed by atoms with E-state index >= 15 is 0 Å². The first-order chi connectivity index (χ1) is 16.3. The molecule has 0 radical (unpaired) electrons. The Morgan fingerprint density at radius 2 is 1.94 bits per heavy atom. The predicted molar refractivity (Wildman–Crippen MR) is 135 cm³/mol. The molecule has 4 aromatic heterocycles. The van der Waals surface area contributed by atoms with Gasteiger partial charge in [-0.1, -0.05) is 29.5 Å². The number of benzene rings is 2. The van der Waals surface area contributed by atoms with Gasteiger partial charge in [-0.05, 0) is 53.3 Å². The van der Waals surface area contributed by atoms with Crippen LogP contribution in [0, 0.1) is 0 Å². The van der Waals surface area contributed by atoms with Gasteiger partial charge in [0.25, 0.3) is 5.19 Å². The number of rotatable bonds is 4. The van der Waals surface area contributed by atoms with Crippen molar-refractivity contribution in [2.24, 2.45) is 0 Å². The quantitative estimate of drug-likeness (QED) is 0.311. The van der Waals surface area contributed by atoms with E-state index in [1.54, 1.807) is 11.8 Å². The topological polar surface area (TPSA) is 54.0 Å². The zero-order valence-electron chi connectivity index (χ0n) is 17.7. The molecule has 0 fully saturated rings. The lowest BCUT2D eigenvalue weighted by molar-refractivity contribution is 0.250. The van der Waals surface area contributed by atoms with E-state index in [0.29, 0.717) is 5.19 Å². The Morgan fingerprint density at radius 3 is 2.91 bits per heavy atom. The molecule has 0 aliphatic carbocycles. The average Bonchev–Trinajstić information content (AvgIpc) is 3.53. The van der Waals surface area contributed by atoms with Gasteiger partial charge in [0.1, 0.15) is 5.75 Å². The number of aromatic nitrogens is 3. The van der Waals surface area contributed by atoms with Crippen molar-refractivity contribution < 1.29 is 4.74 Å². The number of fused-ring (bicyclic) bond motifs is 5. The maximum Gasteiger partial charge on any atom is 0.281 e. The number of thiazole rings is 1. The first-order valence-electron chi connectivity index (χ1n) is 11.0. The third-order valence-electron chi connectivity index (χ3n) is 6.31. The van der Waals surface area contributed by atoms with Gasteiger partial charge in [0.05, 0.1) is 4.70 Å².